The largest absolute Gasteiger partial charge is 0.444 e. The summed E-state index contributed by atoms with van der Waals surface area (Å²) < 4.78 is 21.0. The van der Waals surface area contributed by atoms with Crippen molar-refractivity contribution in [1.29, 1.82) is 5.26 Å². The van der Waals surface area contributed by atoms with Crippen molar-refractivity contribution in [1.82, 2.24) is 9.88 Å². The van der Waals surface area contributed by atoms with Crippen LogP contribution < -0.4 is 4.90 Å². The molecule has 2 saturated heterocycles. The van der Waals surface area contributed by atoms with Crippen LogP contribution in [0.3, 0.4) is 0 Å². The number of hydrogen-bond acceptors (Lipinski definition) is 4. The number of likely N-dealkylation sites (tertiary alicyclic amines) is 1. The zero-order valence-corrected chi connectivity index (χ0v) is 17.9. The van der Waals surface area contributed by atoms with Crippen LogP contribution in [0.25, 0.3) is 21.8 Å². The minimum Gasteiger partial charge on any atom is -0.444 e. The average Bonchev–Trinajstić information content (AvgIpc) is 3.38. The Balaban J connectivity index is 1.55. The fraction of sp³-hybridized carbons (Fsp3) is 0.417. The Bertz CT molecular complexity index is 1240. The number of benzene rings is 2. The Morgan fingerprint density at radius 3 is 2.81 bits per heavy atom. The molecule has 3 heterocycles. The highest BCUT2D eigenvalue weighted by atomic mass is 19.1. The van der Waals surface area contributed by atoms with Crippen molar-refractivity contribution in [3.63, 3.8) is 0 Å². The number of anilines is 1. The first-order valence-corrected chi connectivity index (χ1v) is 10.6. The van der Waals surface area contributed by atoms with Crippen LogP contribution in [0, 0.1) is 23.1 Å². The number of carbonyl (C=O) groups is 1. The van der Waals surface area contributed by atoms with Gasteiger partial charge in [-0.15, -0.1) is 0 Å². The third kappa shape index (κ3) is 3.18. The van der Waals surface area contributed by atoms with Crippen molar-refractivity contribution < 1.29 is 13.9 Å². The van der Waals surface area contributed by atoms with Crippen LogP contribution in [0.15, 0.2) is 30.3 Å². The smallest absolute Gasteiger partial charge is 0.410 e. The van der Waals surface area contributed by atoms with E-state index in [0.29, 0.717) is 36.4 Å². The number of nitriles is 1. The van der Waals surface area contributed by atoms with Gasteiger partial charge >= 0.3 is 6.09 Å². The highest BCUT2D eigenvalue weighted by Crippen LogP contribution is 2.42. The second-order valence-electron chi connectivity index (χ2n) is 9.48. The fourth-order valence-electron chi connectivity index (χ4n) is 5.07. The van der Waals surface area contributed by atoms with Gasteiger partial charge in [0.2, 0.25) is 0 Å². The number of carbonyl (C=O) groups excluding carboxylic acids is 1. The second-order valence-corrected chi connectivity index (χ2v) is 9.48. The van der Waals surface area contributed by atoms with E-state index >= 15 is 4.39 Å². The first-order valence-electron chi connectivity index (χ1n) is 10.6. The van der Waals surface area contributed by atoms with Crippen molar-refractivity contribution in [3.05, 3.63) is 41.7 Å². The summed E-state index contributed by atoms with van der Waals surface area (Å²) in [6, 6.07) is 11.1. The summed E-state index contributed by atoms with van der Waals surface area (Å²) in [4.78, 5) is 19.8. The number of fused-ring (bicyclic) bond motifs is 4. The van der Waals surface area contributed by atoms with Crippen LogP contribution in [-0.2, 0) is 4.74 Å². The number of nitrogens with zero attached hydrogens (tertiary/aromatic N) is 3. The molecular weight excluding hydrogens is 395 g/mol. The van der Waals surface area contributed by atoms with E-state index in [1.54, 1.807) is 4.90 Å². The predicted octanol–water partition coefficient (Wildman–Crippen LogP) is 4.78. The standard InChI is InChI=1S/C24H25FN4O2/c1-24(2,3)31-23(30)29-9-8-14-12-28(13-19(14)29)22-17(25)10-15(11-26)21-20(22)16-6-4-5-7-18(16)27-21/h4-7,10,14,19,27H,8-9,12-13H2,1-3H3/t14-,19+/m0/s1. The number of halogens is 1. The summed E-state index contributed by atoms with van der Waals surface area (Å²) >= 11 is 0. The topological polar surface area (TPSA) is 72.4 Å². The van der Waals surface area contributed by atoms with E-state index < -0.39 is 11.4 Å². The third-order valence-electron chi connectivity index (χ3n) is 6.32. The van der Waals surface area contributed by atoms with E-state index in [1.807, 2.05) is 49.9 Å². The van der Waals surface area contributed by atoms with Gasteiger partial charge in [-0.3, -0.25) is 0 Å². The predicted molar refractivity (Wildman–Crippen MR) is 118 cm³/mol. The summed E-state index contributed by atoms with van der Waals surface area (Å²) in [6.45, 7) is 7.46. The van der Waals surface area contributed by atoms with Crippen molar-refractivity contribution in [2.24, 2.45) is 5.92 Å². The highest BCUT2D eigenvalue weighted by molar-refractivity contribution is 6.15. The zero-order valence-electron chi connectivity index (χ0n) is 17.9. The van der Waals surface area contributed by atoms with Crippen molar-refractivity contribution >= 4 is 33.6 Å². The maximum absolute atomic E-state index is 15.4. The molecule has 5 rings (SSSR count). The van der Waals surface area contributed by atoms with Gasteiger partial charge in [-0.2, -0.15) is 5.26 Å². The van der Waals surface area contributed by atoms with E-state index in [-0.39, 0.29) is 18.1 Å². The van der Waals surface area contributed by atoms with Crippen LogP contribution in [0.4, 0.5) is 14.9 Å². The van der Waals surface area contributed by atoms with Crippen molar-refractivity contribution in [3.8, 4) is 6.07 Å². The quantitative estimate of drug-likeness (QED) is 0.615. The molecule has 0 spiro atoms. The maximum Gasteiger partial charge on any atom is 0.410 e. The normalized spacial score (nSPS) is 21.0. The van der Waals surface area contributed by atoms with Crippen molar-refractivity contribution in [2.45, 2.75) is 38.8 Å². The number of para-hydroxylation sites is 1. The molecule has 2 aliphatic rings. The molecule has 1 amide bonds. The number of nitrogens with one attached hydrogen (secondary N) is 1. The van der Waals surface area contributed by atoms with Gasteiger partial charge in [-0.1, -0.05) is 18.2 Å². The van der Waals surface area contributed by atoms with Crippen LogP contribution in [0.2, 0.25) is 0 Å². The third-order valence-corrected chi connectivity index (χ3v) is 6.32. The Hall–Kier alpha value is -3.27. The van der Waals surface area contributed by atoms with Gasteiger partial charge in [-0.05, 0) is 39.3 Å². The van der Waals surface area contributed by atoms with Gasteiger partial charge in [0.15, 0.2) is 0 Å². The number of rotatable bonds is 1. The molecule has 1 aromatic heterocycles. The van der Waals surface area contributed by atoms with E-state index in [2.05, 4.69) is 11.1 Å². The van der Waals surface area contributed by atoms with E-state index in [1.165, 1.54) is 6.07 Å². The van der Waals surface area contributed by atoms with Crippen LogP contribution in [0.1, 0.15) is 32.8 Å². The number of amides is 1. The zero-order chi connectivity index (χ0) is 21.9. The molecule has 0 unspecified atom stereocenters. The summed E-state index contributed by atoms with van der Waals surface area (Å²) in [7, 11) is 0. The molecule has 2 aromatic carbocycles. The van der Waals surface area contributed by atoms with Crippen LogP contribution in [-0.4, -0.2) is 47.3 Å². The van der Waals surface area contributed by atoms with Gasteiger partial charge in [-0.25, -0.2) is 9.18 Å². The number of aromatic amines is 1. The summed E-state index contributed by atoms with van der Waals surface area (Å²) in [5.74, 6) is -0.139. The fourth-order valence-corrected chi connectivity index (χ4v) is 5.07. The molecule has 2 atom stereocenters. The lowest BCUT2D eigenvalue weighted by Crippen LogP contribution is -2.42. The molecule has 0 bridgehead atoms. The van der Waals surface area contributed by atoms with Crippen molar-refractivity contribution in [2.75, 3.05) is 24.5 Å². The second kappa shape index (κ2) is 6.88. The highest BCUT2D eigenvalue weighted by Gasteiger charge is 2.45. The molecule has 31 heavy (non-hydrogen) atoms. The minimum atomic E-state index is -0.553. The minimum absolute atomic E-state index is 0.00912. The molecule has 1 N–H and O–H groups in total. The van der Waals surface area contributed by atoms with Crippen LogP contribution >= 0.6 is 0 Å². The van der Waals surface area contributed by atoms with Gasteiger partial charge in [0.1, 0.15) is 17.5 Å². The number of hydrogen-bond donors (Lipinski definition) is 1. The number of H-pyrrole nitrogens is 1. The lowest BCUT2D eigenvalue weighted by molar-refractivity contribution is 0.0229. The van der Waals surface area contributed by atoms with Gasteiger partial charge < -0.3 is 19.5 Å². The molecule has 160 valence electrons. The summed E-state index contributed by atoms with van der Waals surface area (Å²) in [5, 5.41) is 11.2. The number of aromatic nitrogens is 1. The lowest BCUT2D eigenvalue weighted by atomic mass is 10.0. The Morgan fingerprint density at radius 1 is 1.29 bits per heavy atom. The SMILES string of the molecule is CC(C)(C)OC(=O)N1CC[C@H]2CN(c3c(F)cc(C#N)c4[nH]c5ccccc5c34)C[C@H]21. The molecule has 7 heteroatoms. The van der Waals surface area contributed by atoms with E-state index in [9.17, 15) is 10.1 Å². The van der Waals surface area contributed by atoms with Crippen LogP contribution in [0.5, 0.6) is 0 Å². The Kier molecular flexibility index (Phi) is 4.37. The Labute approximate surface area is 180 Å². The monoisotopic (exact) mass is 420 g/mol. The summed E-state index contributed by atoms with van der Waals surface area (Å²) in [6.07, 6.45) is 0.564. The molecule has 0 saturated carbocycles. The molecule has 6 nitrogen and oxygen atoms in total. The average molecular weight is 420 g/mol. The molecule has 2 aliphatic heterocycles. The molecular formula is C24H25FN4O2. The van der Waals surface area contributed by atoms with Gasteiger partial charge in [0.25, 0.3) is 0 Å². The van der Waals surface area contributed by atoms with E-state index in [4.69, 9.17) is 4.74 Å². The summed E-state index contributed by atoms with van der Waals surface area (Å²) in [5.41, 5.74) is 1.77. The molecule has 3 aromatic rings. The maximum atomic E-state index is 15.4. The first-order chi connectivity index (χ1) is 14.8. The molecule has 2 fully saturated rings. The first kappa shape index (κ1) is 19.7. The lowest BCUT2D eigenvalue weighted by Gasteiger charge is -2.29. The molecule has 0 aliphatic carbocycles. The van der Waals surface area contributed by atoms with E-state index in [0.717, 1.165) is 22.7 Å². The van der Waals surface area contributed by atoms with Gasteiger partial charge in [0.05, 0.1) is 22.8 Å². The molecule has 0 radical (unpaired) electrons. The number of ether oxygens (including phenoxy) is 1. The Morgan fingerprint density at radius 2 is 2.06 bits per heavy atom. The van der Waals surface area contributed by atoms with Gasteiger partial charge in [0, 0.05) is 41.8 Å².